The molecule has 0 radical (unpaired) electrons. The zero-order chi connectivity index (χ0) is 28.8. The second kappa shape index (κ2) is 13.0. The number of nitrogens with one attached hydrogen (secondary N) is 1. The molecule has 3 rings (SSSR count). The molecule has 3 aromatic rings. The van der Waals surface area contributed by atoms with Crippen molar-refractivity contribution in [2.24, 2.45) is 0 Å². The number of amides is 2. The fourth-order valence-electron chi connectivity index (χ4n) is 4.04. The largest absolute Gasteiger partial charge is 0.350 e. The van der Waals surface area contributed by atoms with Crippen LogP contribution in [0.3, 0.4) is 0 Å². The zero-order valence-electron chi connectivity index (χ0n) is 22.4. The number of carbonyl (C=O) groups excluding carboxylic acids is 2. The smallest absolute Gasteiger partial charge is 0.244 e. The number of sulfonamides is 1. The summed E-state index contributed by atoms with van der Waals surface area (Å²) in [6, 6.07) is 22.3. The Kier molecular flexibility index (Phi) is 10.2. The third-order valence-electron chi connectivity index (χ3n) is 5.81. The number of rotatable bonds is 10. The molecule has 0 aliphatic carbocycles. The molecule has 7 nitrogen and oxygen atoms in total. The first-order valence-electron chi connectivity index (χ1n) is 12.4. The first kappa shape index (κ1) is 30.7. The van der Waals surface area contributed by atoms with Gasteiger partial charge < -0.3 is 10.2 Å². The monoisotopic (exact) mass is 633 g/mol. The van der Waals surface area contributed by atoms with E-state index in [-0.39, 0.29) is 24.6 Å². The lowest BCUT2D eigenvalue weighted by Gasteiger charge is -2.35. The van der Waals surface area contributed by atoms with E-state index in [1.165, 1.54) is 11.0 Å². The average Bonchev–Trinajstić information content (AvgIpc) is 2.84. The second-order valence-corrected chi connectivity index (χ2v) is 13.6. The summed E-state index contributed by atoms with van der Waals surface area (Å²) in [4.78, 5) is 29.2. The highest BCUT2D eigenvalue weighted by Gasteiger charge is 2.34. The molecule has 0 spiro atoms. The van der Waals surface area contributed by atoms with E-state index in [4.69, 9.17) is 11.6 Å². The lowest BCUT2D eigenvalue weighted by molar-refractivity contribution is -0.140. The molecule has 1 atom stereocenters. The van der Waals surface area contributed by atoms with Crippen molar-refractivity contribution in [3.63, 3.8) is 0 Å². The van der Waals surface area contributed by atoms with E-state index in [9.17, 15) is 18.0 Å². The number of hydrogen-bond donors (Lipinski definition) is 1. The van der Waals surface area contributed by atoms with Crippen molar-refractivity contribution < 1.29 is 18.0 Å². The molecule has 0 heterocycles. The molecule has 10 heteroatoms. The van der Waals surface area contributed by atoms with Gasteiger partial charge in [0.2, 0.25) is 21.8 Å². The maximum absolute atomic E-state index is 14.0. The summed E-state index contributed by atoms with van der Waals surface area (Å²) in [7, 11) is -3.85. The van der Waals surface area contributed by atoms with Crippen molar-refractivity contribution in [1.82, 2.24) is 10.2 Å². The van der Waals surface area contributed by atoms with Crippen LogP contribution in [0.2, 0.25) is 5.02 Å². The highest BCUT2D eigenvalue weighted by Crippen LogP contribution is 2.23. The summed E-state index contributed by atoms with van der Waals surface area (Å²) in [6.45, 7) is 5.22. The fourth-order valence-corrected chi connectivity index (χ4v) is 5.33. The molecule has 0 fully saturated rings. The van der Waals surface area contributed by atoms with Gasteiger partial charge in [0.25, 0.3) is 0 Å². The number of benzene rings is 3. The Balaban J connectivity index is 2.07. The number of hydrogen-bond acceptors (Lipinski definition) is 4. The van der Waals surface area contributed by atoms with Gasteiger partial charge in [-0.15, -0.1) is 0 Å². The van der Waals surface area contributed by atoms with Crippen LogP contribution in [0, 0.1) is 0 Å². The van der Waals surface area contributed by atoms with Gasteiger partial charge in [-0.05, 0) is 62.2 Å². The van der Waals surface area contributed by atoms with Gasteiger partial charge in [0, 0.05) is 28.0 Å². The van der Waals surface area contributed by atoms with Crippen LogP contribution in [0.25, 0.3) is 0 Å². The molecule has 0 aromatic heterocycles. The molecule has 0 aliphatic rings. The Hall–Kier alpha value is -2.88. The van der Waals surface area contributed by atoms with E-state index in [1.54, 1.807) is 18.2 Å². The molecule has 1 N–H and O–H groups in total. The van der Waals surface area contributed by atoms with Crippen molar-refractivity contribution in [3.05, 3.63) is 99.5 Å². The summed E-state index contributed by atoms with van der Waals surface area (Å²) in [5.74, 6) is -0.848. The maximum atomic E-state index is 14.0. The number of carbonyl (C=O) groups is 2. The zero-order valence-corrected chi connectivity index (χ0v) is 25.6. The van der Waals surface area contributed by atoms with E-state index in [0.29, 0.717) is 5.02 Å². The van der Waals surface area contributed by atoms with Crippen LogP contribution >= 0.6 is 27.5 Å². The second-order valence-electron chi connectivity index (χ2n) is 10.3. The van der Waals surface area contributed by atoms with Gasteiger partial charge in [0.05, 0.1) is 11.9 Å². The molecule has 0 unspecified atom stereocenters. The normalized spacial score (nSPS) is 12.5. The first-order valence-corrected chi connectivity index (χ1v) is 15.4. The highest BCUT2D eigenvalue weighted by molar-refractivity contribution is 9.10. The summed E-state index contributed by atoms with van der Waals surface area (Å²) < 4.78 is 27.5. The minimum Gasteiger partial charge on any atom is -0.350 e. The van der Waals surface area contributed by atoms with Crippen molar-refractivity contribution in [3.8, 4) is 0 Å². The Bertz CT molecular complexity index is 1390. The molecule has 0 saturated heterocycles. The van der Waals surface area contributed by atoms with Crippen LogP contribution in [-0.4, -0.2) is 49.5 Å². The Labute approximate surface area is 244 Å². The predicted molar refractivity (Wildman–Crippen MR) is 160 cm³/mol. The van der Waals surface area contributed by atoms with Crippen LogP contribution in [0.15, 0.2) is 83.3 Å². The van der Waals surface area contributed by atoms with Crippen LogP contribution < -0.4 is 9.62 Å². The summed E-state index contributed by atoms with van der Waals surface area (Å²) in [6.07, 6.45) is 1.29. The Morgan fingerprint density at radius 1 is 0.949 bits per heavy atom. The van der Waals surface area contributed by atoms with Gasteiger partial charge in [-0.2, -0.15) is 0 Å². The van der Waals surface area contributed by atoms with Crippen LogP contribution in [0.5, 0.6) is 0 Å². The number of nitrogens with zero attached hydrogens (tertiary/aromatic N) is 2. The molecular weight excluding hydrogens is 602 g/mol. The molecule has 0 aliphatic heterocycles. The number of halogens is 2. The minimum atomic E-state index is -3.85. The third kappa shape index (κ3) is 9.37. The topological polar surface area (TPSA) is 86.8 Å². The first-order chi connectivity index (χ1) is 18.2. The van der Waals surface area contributed by atoms with Gasteiger partial charge in [-0.25, -0.2) is 8.42 Å². The van der Waals surface area contributed by atoms with E-state index < -0.39 is 34.1 Å². The minimum absolute atomic E-state index is 0.105. The van der Waals surface area contributed by atoms with Crippen molar-refractivity contribution in [2.45, 2.75) is 45.3 Å². The lowest BCUT2D eigenvalue weighted by Crippen LogP contribution is -2.56. The quantitative estimate of drug-likeness (QED) is 0.323. The maximum Gasteiger partial charge on any atom is 0.244 e. The molecule has 2 amide bonds. The SMILES string of the molecule is CC(C)(C)NC(=O)[C@@H](Cc1ccccc1)N(Cc1ccc(Br)cc1)C(=O)CN(c1cccc(Cl)c1)S(C)(=O)=O. The van der Waals surface area contributed by atoms with Gasteiger partial charge in [-0.3, -0.25) is 13.9 Å². The van der Waals surface area contributed by atoms with Gasteiger partial charge in [-0.1, -0.05) is 76.1 Å². The van der Waals surface area contributed by atoms with Gasteiger partial charge in [0.15, 0.2) is 0 Å². The van der Waals surface area contributed by atoms with Crippen LogP contribution in [0.1, 0.15) is 31.9 Å². The van der Waals surface area contributed by atoms with E-state index in [1.807, 2.05) is 75.4 Å². The molecule has 3 aromatic carbocycles. The van der Waals surface area contributed by atoms with E-state index in [0.717, 1.165) is 26.2 Å². The van der Waals surface area contributed by atoms with E-state index >= 15 is 0 Å². The molecule has 0 bridgehead atoms. The summed E-state index contributed by atoms with van der Waals surface area (Å²) in [5.41, 5.74) is 1.38. The number of anilines is 1. The van der Waals surface area contributed by atoms with E-state index in [2.05, 4.69) is 21.2 Å². The molecule has 39 heavy (non-hydrogen) atoms. The molecule has 208 valence electrons. The van der Waals surface area contributed by atoms with Crippen LogP contribution in [0.4, 0.5) is 5.69 Å². The summed E-state index contributed by atoms with van der Waals surface area (Å²) >= 11 is 9.56. The molecular formula is C29H33BrClN3O4S. The van der Waals surface area contributed by atoms with Gasteiger partial charge in [0.1, 0.15) is 12.6 Å². The predicted octanol–water partition coefficient (Wildman–Crippen LogP) is 5.42. The third-order valence-corrected chi connectivity index (χ3v) is 7.72. The Morgan fingerprint density at radius 2 is 1.59 bits per heavy atom. The standard InChI is InChI=1S/C29H33BrClN3O4S/c1-29(2,3)32-28(36)26(17-21-9-6-5-7-10-21)33(19-22-13-15-23(30)16-14-22)27(35)20-34(39(4,37)38)25-12-8-11-24(31)18-25/h5-16,18,26H,17,19-20H2,1-4H3,(H,32,36)/t26-/m1/s1. The van der Waals surface area contributed by atoms with Crippen molar-refractivity contribution in [2.75, 3.05) is 17.1 Å². The fraction of sp³-hybridized carbons (Fsp3) is 0.310. The van der Waals surface area contributed by atoms with Gasteiger partial charge >= 0.3 is 0 Å². The summed E-state index contributed by atoms with van der Waals surface area (Å²) in [5, 5.41) is 3.34. The van der Waals surface area contributed by atoms with Crippen molar-refractivity contribution >= 4 is 55.1 Å². The van der Waals surface area contributed by atoms with Crippen molar-refractivity contribution in [1.29, 1.82) is 0 Å². The molecule has 0 saturated carbocycles. The Morgan fingerprint density at radius 3 is 2.15 bits per heavy atom. The average molecular weight is 635 g/mol. The van der Waals surface area contributed by atoms with Crippen LogP contribution in [-0.2, 0) is 32.6 Å². The highest BCUT2D eigenvalue weighted by atomic mass is 79.9. The lowest BCUT2D eigenvalue weighted by atomic mass is 10.0.